The molecule has 0 fully saturated rings. The quantitative estimate of drug-likeness (QED) is 0.243. The molecule has 166 valence electrons. The Labute approximate surface area is 207 Å². The van der Waals surface area contributed by atoms with Crippen LogP contribution in [0.2, 0.25) is 0 Å². The second kappa shape index (κ2) is 7.34. The molecular formula is C34H20N2. The first-order valence-corrected chi connectivity index (χ1v) is 12.3. The first kappa shape index (κ1) is 19.5. The van der Waals surface area contributed by atoms with Crippen molar-refractivity contribution in [2.45, 2.75) is 0 Å². The number of hydrogen-bond acceptors (Lipinski definition) is 2. The van der Waals surface area contributed by atoms with Crippen LogP contribution < -0.4 is 0 Å². The Morgan fingerprint density at radius 2 is 0.917 bits per heavy atom. The van der Waals surface area contributed by atoms with Crippen LogP contribution in [0.5, 0.6) is 0 Å². The van der Waals surface area contributed by atoms with Gasteiger partial charge in [-0.05, 0) is 44.5 Å². The number of rotatable bonds is 2. The fourth-order valence-corrected chi connectivity index (χ4v) is 5.65. The van der Waals surface area contributed by atoms with Crippen LogP contribution in [-0.2, 0) is 0 Å². The highest BCUT2D eigenvalue weighted by atomic mass is 14.8. The normalized spacial score (nSPS) is 11.9. The van der Waals surface area contributed by atoms with Gasteiger partial charge in [0.1, 0.15) is 0 Å². The molecule has 2 nitrogen and oxygen atoms in total. The van der Waals surface area contributed by atoms with Gasteiger partial charge >= 0.3 is 0 Å². The Hall–Kier alpha value is -4.82. The number of pyridine rings is 2. The molecule has 0 aliphatic rings. The van der Waals surface area contributed by atoms with Crippen LogP contribution in [0.1, 0.15) is 0 Å². The highest BCUT2D eigenvalue weighted by Crippen LogP contribution is 2.39. The Bertz CT molecular complexity index is 2080. The van der Waals surface area contributed by atoms with Gasteiger partial charge in [0, 0.05) is 21.9 Å². The van der Waals surface area contributed by atoms with Gasteiger partial charge in [-0.25, -0.2) is 9.97 Å². The molecule has 2 aromatic heterocycles. The number of fused-ring (bicyclic) bond motifs is 3. The van der Waals surface area contributed by atoms with Gasteiger partial charge in [-0.3, -0.25) is 0 Å². The summed E-state index contributed by atoms with van der Waals surface area (Å²) in [6.07, 6.45) is 0. The average molecular weight is 457 g/mol. The van der Waals surface area contributed by atoms with Crippen LogP contribution in [0.4, 0.5) is 0 Å². The summed E-state index contributed by atoms with van der Waals surface area (Å²) >= 11 is 0. The van der Waals surface area contributed by atoms with E-state index in [1.165, 1.54) is 32.3 Å². The van der Waals surface area contributed by atoms with E-state index in [0.717, 1.165) is 44.3 Å². The van der Waals surface area contributed by atoms with Gasteiger partial charge in [0.25, 0.3) is 0 Å². The molecule has 0 radical (unpaired) electrons. The maximum absolute atomic E-state index is 5.23. The average Bonchev–Trinajstić information content (AvgIpc) is 2.95. The number of hydrogen-bond donors (Lipinski definition) is 0. The minimum Gasteiger partial charge on any atom is -0.245 e. The lowest BCUT2D eigenvalue weighted by Crippen LogP contribution is -1.92. The van der Waals surface area contributed by atoms with Crippen LogP contribution >= 0.6 is 0 Å². The van der Waals surface area contributed by atoms with Crippen molar-refractivity contribution in [1.29, 1.82) is 0 Å². The van der Waals surface area contributed by atoms with E-state index in [1.54, 1.807) is 0 Å². The smallest absolute Gasteiger partial charge is 0.0972 e. The predicted octanol–water partition coefficient (Wildman–Crippen LogP) is 9.01. The van der Waals surface area contributed by atoms with Crippen LogP contribution in [-0.4, -0.2) is 9.97 Å². The standard InChI is InChI=1S/C34H20N2/c1-2-5-21(6-3-1)29-19-15-25-11-12-26-16-20-30(36-34(26)33(25)35-29)27-17-13-24-10-9-22-7-4-8-23-14-18-28(27)32(24)31(22)23/h1-20H. The SMILES string of the molecule is c1ccc(-c2ccc3ccc4ccc(-c5ccc6ccc7cccc8ccc5c6c78)nc4c3n2)cc1. The van der Waals surface area contributed by atoms with E-state index in [0.29, 0.717) is 0 Å². The van der Waals surface area contributed by atoms with Crippen molar-refractivity contribution in [3.8, 4) is 22.5 Å². The molecule has 2 heterocycles. The van der Waals surface area contributed by atoms with Gasteiger partial charge in [0.05, 0.1) is 22.4 Å². The Balaban J connectivity index is 1.41. The fraction of sp³-hybridized carbons (Fsp3) is 0. The zero-order valence-electron chi connectivity index (χ0n) is 19.4. The van der Waals surface area contributed by atoms with Crippen molar-refractivity contribution < 1.29 is 0 Å². The first-order chi connectivity index (χ1) is 17.8. The van der Waals surface area contributed by atoms with Gasteiger partial charge in [-0.2, -0.15) is 0 Å². The molecule has 6 aromatic carbocycles. The van der Waals surface area contributed by atoms with Crippen molar-refractivity contribution in [2.75, 3.05) is 0 Å². The van der Waals surface area contributed by atoms with E-state index < -0.39 is 0 Å². The summed E-state index contributed by atoms with van der Waals surface area (Å²) < 4.78 is 0. The van der Waals surface area contributed by atoms with Crippen LogP contribution in [0.25, 0.3) is 76.6 Å². The summed E-state index contributed by atoms with van der Waals surface area (Å²) in [5.74, 6) is 0. The number of nitrogens with zero attached hydrogens (tertiary/aromatic N) is 2. The van der Waals surface area contributed by atoms with E-state index in [-0.39, 0.29) is 0 Å². The van der Waals surface area contributed by atoms with Gasteiger partial charge in [-0.1, -0.05) is 109 Å². The molecule has 2 heteroatoms. The largest absolute Gasteiger partial charge is 0.245 e. The van der Waals surface area contributed by atoms with Crippen molar-refractivity contribution in [1.82, 2.24) is 9.97 Å². The molecule has 0 N–H and O–H groups in total. The predicted molar refractivity (Wildman–Crippen MR) is 152 cm³/mol. The number of benzene rings is 6. The number of aromatic nitrogens is 2. The molecule has 0 aliphatic carbocycles. The monoisotopic (exact) mass is 456 g/mol. The topological polar surface area (TPSA) is 25.8 Å². The third-order valence-electron chi connectivity index (χ3n) is 7.39. The zero-order chi connectivity index (χ0) is 23.6. The first-order valence-electron chi connectivity index (χ1n) is 12.3. The van der Waals surface area contributed by atoms with Crippen molar-refractivity contribution >= 4 is 54.1 Å². The highest BCUT2D eigenvalue weighted by Gasteiger charge is 2.14. The summed E-state index contributed by atoms with van der Waals surface area (Å²) in [6.45, 7) is 0. The van der Waals surface area contributed by atoms with E-state index in [9.17, 15) is 0 Å². The maximum atomic E-state index is 5.23. The van der Waals surface area contributed by atoms with E-state index in [1.807, 2.05) is 6.07 Å². The maximum Gasteiger partial charge on any atom is 0.0972 e. The second-order valence-electron chi connectivity index (χ2n) is 9.44. The molecule has 0 spiro atoms. The molecule has 8 rings (SSSR count). The minimum atomic E-state index is 0.938. The van der Waals surface area contributed by atoms with Crippen molar-refractivity contribution in [3.63, 3.8) is 0 Å². The molecule has 0 bridgehead atoms. The van der Waals surface area contributed by atoms with E-state index >= 15 is 0 Å². The van der Waals surface area contributed by atoms with Gasteiger partial charge in [-0.15, -0.1) is 0 Å². The molecule has 0 unspecified atom stereocenters. The molecule has 0 saturated carbocycles. The van der Waals surface area contributed by atoms with E-state index in [2.05, 4.69) is 115 Å². The Kier molecular flexibility index (Phi) is 3.97. The molecule has 0 atom stereocenters. The fourth-order valence-electron chi connectivity index (χ4n) is 5.65. The lowest BCUT2D eigenvalue weighted by atomic mass is 9.91. The highest BCUT2D eigenvalue weighted by molar-refractivity contribution is 6.25. The zero-order valence-corrected chi connectivity index (χ0v) is 19.4. The summed E-state index contributed by atoms with van der Waals surface area (Å²) in [6, 6.07) is 43.1. The van der Waals surface area contributed by atoms with Gasteiger partial charge < -0.3 is 0 Å². The van der Waals surface area contributed by atoms with Crippen molar-refractivity contribution in [3.05, 3.63) is 121 Å². The third-order valence-corrected chi connectivity index (χ3v) is 7.39. The summed E-state index contributed by atoms with van der Waals surface area (Å²) in [7, 11) is 0. The lowest BCUT2D eigenvalue weighted by Gasteiger charge is -2.14. The summed E-state index contributed by atoms with van der Waals surface area (Å²) in [4.78, 5) is 10.3. The third kappa shape index (κ3) is 2.79. The molecular weight excluding hydrogens is 436 g/mol. The lowest BCUT2D eigenvalue weighted by molar-refractivity contribution is 1.37. The van der Waals surface area contributed by atoms with Crippen molar-refractivity contribution in [2.24, 2.45) is 0 Å². The Morgan fingerprint density at radius 3 is 1.67 bits per heavy atom. The molecule has 0 saturated heterocycles. The van der Waals surface area contributed by atoms with Gasteiger partial charge in [0.15, 0.2) is 0 Å². The molecule has 0 aliphatic heterocycles. The Morgan fingerprint density at radius 1 is 0.361 bits per heavy atom. The second-order valence-corrected chi connectivity index (χ2v) is 9.44. The molecule has 8 aromatic rings. The summed E-state index contributed by atoms with van der Waals surface area (Å²) in [5, 5.41) is 9.89. The minimum absolute atomic E-state index is 0.938. The summed E-state index contributed by atoms with van der Waals surface area (Å²) in [5.41, 5.74) is 6.07. The molecule has 0 amide bonds. The van der Waals surface area contributed by atoms with Crippen LogP contribution in [0, 0.1) is 0 Å². The van der Waals surface area contributed by atoms with Crippen LogP contribution in [0.3, 0.4) is 0 Å². The van der Waals surface area contributed by atoms with E-state index in [4.69, 9.17) is 9.97 Å². The van der Waals surface area contributed by atoms with Crippen LogP contribution in [0.15, 0.2) is 121 Å². The van der Waals surface area contributed by atoms with Gasteiger partial charge in [0.2, 0.25) is 0 Å². The molecule has 36 heavy (non-hydrogen) atoms.